The SMILES string of the molecule is COc1ccc([C@H](CNC(=O)COc2c(C)cccc2C)N2CCCC2)cc1. The number of benzene rings is 2. The lowest BCUT2D eigenvalue weighted by atomic mass is 10.1. The molecule has 3 rings (SSSR count). The highest BCUT2D eigenvalue weighted by Crippen LogP contribution is 2.26. The van der Waals surface area contributed by atoms with Crippen molar-refractivity contribution in [1.29, 1.82) is 0 Å². The Kier molecular flexibility index (Phi) is 6.93. The van der Waals surface area contributed by atoms with E-state index in [0.717, 1.165) is 35.7 Å². The molecule has 1 N–H and O–H groups in total. The fourth-order valence-corrected chi connectivity index (χ4v) is 3.76. The number of nitrogens with one attached hydrogen (secondary N) is 1. The fourth-order valence-electron chi connectivity index (χ4n) is 3.76. The lowest BCUT2D eigenvalue weighted by Gasteiger charge is -2.28. The van der Waals surface area contributed by atoms with Gasteiger partial charge in [-0.1, -0.05) is 30.3 Å². The highest BCUT2D eigenvalue weighted by atomic mass is 16.5. The van der Waals surface area contributed by atoms with Crippen LogP contribution < -0.4 is 14.8 Å². The van der Waals surface area contributed by atoms with Crippen molar-refractivity contribution in [2.45, 2.75) is 32.7 Å². The van der Waals surface area contributed by atoms with Gasteiger partial charge in [-0.15, -0.1) is 0 Å². The van der Waals surface area contributed by atoms with Crippen LogP contribution in [0.5, 0.6) is 11.5 Å². The van der Waals surface area contributed by atoms with Gasteiger partial charge in [0.15, 0.2) is 6.61 Å². The molecule has 0 spiro atoms. The van der Waals surface area contributed by atoms with E-state index < -0.39 is 0 Å². The van der Waals surface area contributed by atoms with E-state index in [9.17, 15) is 4.79 Å². The number of methoxy groups -OCH3 is 1. The summed E-state index contributed by atoms with van der Waals surface area (Å²) in [6.07, 6.45) is 2.41. The Hall–Kier alpha value is -2.53. The van der Waals surface area contributed by atoms with E-state index in [2.05, 4.69) is 22.3 Å². The average molecular weight is 383 g/mol. The van der Waals surface area contributed by atoms with Gasteiger partial charge in [0.1, 0.15) is 11.5 Å². The van der Waals surface area contributed by atoms with Gasteiger partial charge in [-0.2, -0.15) is 0 Å². The lowest BCUT2D eigenvalue weighted by molar-refractivity contribution is -0.123. The molecule has 1 aliphatic heterocycles. The number of rotatable bonds is 8. The molecule has 28 heavy (non-hydrogen) atoms. The van der Waals surface area contributed by atoms with E-state index in [1.807, 2.05) is 44.2 Å². The summed E-state index contributed by atoms with van der Waals surface area (Å²) < 4.78 is 11.0. The summed E-state index contributed by atoms with van der Waals surface area (Å²) in [5.74, 6) is 1.54. The summed E-state index contributed by atoms with van der Waals surface area (Å²) in [7, 11) is 1.67. The Bertz CT molecular complexity index is 763. The van der Waals surface area contributed by atoms with Crippen molar-refractivity contribution in [1.82, 2.24) is 10.2 Å². The number of carbonyl (C=O) groups excluding carboxylic acids is 1. The van der Waals surface area contributed by atoms with Crippen molar-refractivity contribution >= 4 is 5.91 Å². The van der Waals surface area contributed by atoms with Crippen LogP contribution in [0, 0.1) is 13.8 Å². The summed E-state index contributed by atoms with van der Waals surface area (Å²) >= 11 is 0. The lowest BCUT2D eigenvalue weighted by Crippen LogP contribution is -2.38. The van der Waals surface area contributed by atoms with Crippen LogP contribution in [0.2, 0.25) is 0 Å². The summed E-state index contributed by atoms with van der Waals surface area (Å²) in [5, 5.41) is 3.06. The zero-order chi connectivity index (χ0) is 19.9. The smallest absolute Gasteiger partial charge is 0.258 e. The van der Waals surface area contributed by atoms with Crippen LogP contribution in [0.4, 0.5) is 0 Å². The molecule has 5 nitrogen and oxygen atoms in total. The molecule has 1 amide bonds. The molecule has 1 heterocycles. The van der Waals surface area contributed by atoms with E-state index >= 15 is 0 Å². The molecular weight excluding hydrogens is 352 g/mol. The Morgan fingerprint density at radius 2 is 1.71 bits per heavy atom. The third-order valence-electron chi connectivity index (χ3n) is 5.33. The quantitative estimate of drug-likeness (QED) is 0.757. The molecule has 1 saturated heterocycles. The molecule has 0 unspecified atom stereocenters. The standard InChI is InChI=1S/C23H30N2O3/c1-17-7-6-8-18(2)23(17)28-16-22(26)24-15-21(25-13-4-5-14-25)19-9-11-20(27-3)12-10-19/h6-12,21H,4-5,13-16H2,1-3H3,(H,24,26)/t21-/m0/s1. The van der Waals surface area contributed by atoms with E-state index in [0.29, 0.717) is 6.54 Å². The zero-order valence-corrected chi connectivity index (χ0v) is 17.0. The van der Waals surface area contributed by atoms with Crippen LogP contribution in [0.1, 0.15) is 35.6 Å². The van der Waals surface area contributed by atoms with Gasteiger partial charge >= 0.3 is 0 Å². The first-order chi connectivity index (χ1) is 13.6. The minimum Gasteiger partial charge on any atom is -0.497 e. The van der Waals surface area contributed by atoms with Gasteiger partial charge in [-0.05, 0) is 68.6 Å². The first-order valence-corrected chi connectivity index (χ1v) is 9.92. The number of amides is 1. The van der Waals surface area contributed by atoms with Crippen molar-refractivity contribution in [2.24, 2.45) is 0 Å². The minimum absolute atomic E-state index is 0.0288. The predicted molar refractivity (Wildman–Crippen MR) is 111 cm³/mol. The van der Waals surface area contributed by atoms with Crippen LogP contribution >= 0.6 is 0 Å². The molecule has 0 aliphatic carbocycles. The molecule has 150 valence electrons. The molecule has 0 radical (unpaired) electrons. The van der Waals surface area contributed by atoms with Crippen LogP contribution in [0.3, 0.4) is 0 Å². The highest BCUT2D eigenvalue weighted by Gasteiger charge is 2.24. The van der Waals surface area contributed by atoms with Gasteiger partial charge in [0, 0.05) is 6.54 Å². The van der Waals surface area contributed by atoms with Crippen molar-refractivity contribution in [3.8, 4) is 11.5 Å². The predicted octanol–water partition coefficient (Wildman–Crippen LogP) is 3.64. The number of ether oxygens (including phenoxy) is 2. The van der Waals surface area contributed by atoms with Crippen LogP contribution in [-0.4, -0.2) is 44.2 Å². The van der Waals surface area contributed by atoms with Gasteiger partial charge in [0.2, 0.25) is 0 Å². The van der Waals surface area contributed by atoms with E-state index in [4.69, 9.17) is 9.47 Å². The van der Waals surface area contributed by atoms with Gasteiger partial charge in [-0.25, -0.2) is 0 Å². The molecule has 0 bridgehead atoms. The molecule has 1 aliphatic rings. The van der Waals surface area contributed by atoms with Gasteiger partial charge in [0.25, 0.3) is 5.91 Å². The Balaban J connectivity index is 1.60. The number of nitrogens with zero attached hydrogens (tertiary/aromatic N) is 1. The largest absolute Gasteiger partial charge is 0.497 e. The van der Waals surface area contributed by atoms with Crippen molar-refractivity contribution in [3.05, 3.63) is 59.2 Å². The Morgan fingerprint density at radius 1 is 1.07 bits per heavy atom. The monoisotopic (exact) mass is 382 g/mol. The molecule has 1 atom stereocenters. The van der Waals surface area contributed by atoms with Crippen LogP contribution in [-0.2, 0) is 4.79 Å². The first kappa shape index (κ1) is 20.2. The average Bonchev–Trinajstić information content (AvgIpc) is 3.23. The topological polar surface area (TPSA) is 50.8 Å². The van der Waals surface area contributed by atoms with E-state index in [-0.39, 0.29) is 18.6 Å². The molecule has 0 aromatic heterocycles. The third kappa shape index (κ3) is 5.04. The van der Waals surface area contributed by atoms with Crippen molar-refractivity contribution in [3.63, 3.8) is 0 Å². The molecular formula is C23H30N2O3. The summed E-state index contributed by atoms with van der Waals surface area (Å²) in [4.78, 5) is 14.9. The number of carbonyl (C=O) groups is 1. The van der Waals surface area contributed by atoms with Gasteiger partial charge in [-0.3, -0.25) is 9.69 Å². The zero-order valence-electron chi connectivity index (χ0n) is 17.0. The van der Waals surface area contributed by atoms with E-state index in [1.54, 1.807) is 7.11 Å². The minimum atomic E-state index is -0.0969. The van der Waals surface area contributed by atoms with Gasteiger partial charge < -0.3 is 14.8 Å². The van der Waals surface area contributed by atoms with Crippen LogP contribution in [0.25, 0.3) is 0 Å². The normalized spacial score (nSPS) is 15.2. The molecule has 1 fully saturated rings. The van der Waals surface area contributed by atoms with Crippen molar-refractivity contribution in [2.75, 3.05) is 33.4 Å². The molecule has 5 heteroatoms. The number of aryl methyl sites for hydroxylation is 2. The summed E-state index contributed by atoms with van der Waals surface area (Å²) in [6.45, 7) is 6.71. The Morgan fingerprint density at radius 3 is 2.32 bits per heavy atom. The van der Waals surface area contributed by atoms with E-state index in [1.165, 1.54) is 18.4 Å². The molecule has 2 aromatic rings. The maximum Gasteiger partial charge on any atom is 0.258 e. The number of para-hydroxylation sites is 1. The maximum absolute atomic E-state index is 12.4. The van der Waals surface area contributed by atoms with Gasteiger partial charge in [0.05, 0.1) is 13.2 Å². The molecule has 0 saturated carbocycles. The first-order valence-electron chi connectivity index (χ1n) is 9.92. The number of likely N-dealkylation sites (tertiary alicyclic amines) is 1. The maximum atomic E-state index is 12.4. The summed E-state index contributed by atoms with van der Waals surface area (Å²) in [6, 6.07) is 14.3. The number of hydrogen-bond donors (Lipinski definition) is 1. The fraction of sp³-hybridized carbons (Fsp3) is 0.435. The second-order valence-electron chi connectivity index (χ2n) is 7.35. The highest BCUT2D eigenvalue weighted by molar-refractivity contribution is 5.77. The molecule has 2 aromatic carbocycles. The third-order valence-corrected chi connectivity index (χ3v) is 5.33. The summed E-state index contributed by atoms with van der Waals surface area (Å²) in [5.41, 5.74) is 3.28. The second kappa shape index (κ2) is 9.60. The Labute approximate surface area is 167 Å². The van der Waals surface area contributed by atoms with Crippen molar-refractivity contribution < 1.29 is 14.3 Å². The second-order valence-corrected chi connectivity index (χ2v) is 7.35. The van der Waals surface area contributed by atoms with Crippen LogP contribution in [0.15, 0.2) is 42.5 Å². The number of hydrogen-bond acceptors (Lipinski definition) is 4.